The number of aromatic nitrogens is 3. The van der Waals surface area contributed by atoms with E-state index in [9.17, 15) is 9.59 Å². The summed E-state index contributed by atoms with van der Waals surface area (Å²) in [7, 11) is 1.59. The van der Waals surface area contributed by atoms with Gasteiger partial charge >= 0.3 is 0 Å². The molecule has 1 aliphatic rings. The molecule has 2 aromatic heterocycles. The largest absolute Gasteiger partial charge is 0.495 e. The number of benzene rings is 3. The fourth-order valence-corrected chi connectivity index (χ4v) is 6.57. The SMILES string of the molecule is COc1ccccc1-n1c(CNC(=O)COc2ccccc2)nnc1SCC(=O)N1N=C(c2cccs2)C[C@H]1c1ccc(C)cc1. The molecular formula is C34H32N6O4S2. The minimum absolute atomic E-state index is 0.0775. The number of hydrogen-bond acceptors (Lipinski definition) is 9. The van der Waals surface area contributed by atoms with Crippen molar-refractivity contribution in [2.75, 3.05) is 19.5 Å². The second-order valence-corrected chi connectivity index (χ2v) is 12.4. The van der Waals surface area contributed by atoms with E-state index in [2.05, 4.69) is 39.8 Å². The van der Waals surface area contributed by atoms with Crippen molar-refractivity contribution in [3.8, 4) is 17.2 Å². The lowest BCUT2D eigenvalue weighted by Crippen LogP contribution is -2.29. The highest BCUT2D eigenvalue weighted by Gasteiger charge is 2.33. The maximum absolute atomic E-state index is 13.8. The van der Waals surface area contributed by atoms with Gasteiger partial charge in [-0.2, -0.15) is 5.10 Å². The normalized spacial score (nSPS) is 14.2. The van der Waals surface area contributed by atoms with Gasteiger partial charge in [-0.15, -0.1) is 21.5 Å². The Hall–Kier alpha value is -4.94. The van der Waals surface area contributed by atoms with E-state index in [0.29, 0.717) is 34.6 Å². The van der Waals surface area contributed by atoms with Crippen LogP contribution < -0.4 is 14.8 Å². The molecule has 46 heavy (non-hydrogen) atoms. The van der Waals surface area contributed by atoms with Gasteiger partial charge in [0.25, 0.3) is 11.8 Å². The van der Waals surface area contributed by atoms with Crippen LogP contribution in [0, 0.1) is 6.92 Å². The second-order valence-electron chi connectivity index (χ2n) is 10.5. The Morgan fingerprint density at radius 3 is 2.52 bits per heavy atom. The summed E-state index contributed by atoms with van der Waals surface area (Å²) in [6.07, 6.45) is 0.634. The third-order valence-corrected chi connectivity index (χ3v) is 9.17. The third-order valence-electron chi connectivity index (χ3n) is 7.34. The zero-order valence-corrected chi connectivity index (χ0v) is 27.0. The van der Waals surface area contributed by atoms with E-state index in [0.717, 1.165) is 21.7 Å². The number of methoxy groups -OCH3 is 1. The molecule has 1 aliphatic heterocycles. The molecule has 1 N–H and O–H groups in total. The molecule has 0 aliphatic carbocycles. The molecule has 0 saturated heterocycles. The topological polar surface area (TPSA) is 111 Å². The lowest BCUT2D eigenvalue weighted by atomic mass is 10.00. The minimum atomic E-state index is -0.307. The smallest absolute Gasteiger partial charge is 0.258 e. The third kappa shape index (κ3) is 7.13. The van der Waals surface area contributed by atoms with Gasteiger partial charge in [-0.05, 0) is 48.2 Å². The lowest BCUT2D eigenvalue weighted by Gasteiger charge is -2.22. The molecular weight excluding hydrogens is 621 g/mol. The van der Waals surface area contributed by atoms with Gasteiger partial charge in [-0.3, -0.25) is 14.2 Å². The van der Waals surface area contributed by atoms with Crippen LogP contribution in [0.25, 0.3) is 5.69 Å². The average molecular weight is 653 g/mol. The number of carbonyl (C=O) groups excluding carboxylic acids is 2. The Balaban J connectivity index is 1.21. The first-order valence-corrected chi connectivity index (χ1v) is 16.5. The van der Waals surface area contributed by atoms with Crippen LogP contribution in [-0.4, -0.2) is 56.8 Å². The second kappa shape index (κ2) is 14.4. The van der Waals surface area contributed by atoms with Crippen LogP contribution in [0.3, 0.4) is 0 Å². The van der Waals surface area contributed by atoms with E-state index in [1.165, 1.54) is 11.8 Å². The number of ether oxygens (including phenoxy) is 2. The number of para-hydroxylation sites is 3. The van der Waals surface area contributed by atoms with E-state index in [1.807, 2.05) is 66.9 Å². The van der Waals surface area contributed by atoms with E-state index >= 15 is 0 Å². The first-order chi connectivity index (χ1) is 22.5. The summed E-state index contributed by atoms with van der Waals surface area (Å²) in [5.74, 6) is 1.30. The van der Waals surface area contributed by atoms with Gasteiger partial charge in [0.1, 0.15) is 11.5 Å². The van der Waals surface area contributed by atoms with Crippen molar-refractivity contribution in [2.24, 2.45) is 5.10 Å². The number of thioether (sulfide) groups is 1. The van der Waals surface area contributed by atoms with Crippen LogP contribution in [0.5, 0.6) is 11.5 Å². The molecule has 0 bridgehead atoms. The Morgan fingerprint density at radius 1 is 0.978 bits per heavy atom. The maximum atomic E-state index is 13.8. The van der Waals surface area contributed by atoms with Gasteiger partial charge in [0, 0.05) is 6.42 Å². The number of nitrogens with one attached hydrogen (secondary N) is 1. The number of amides is 2. The molecule has 0 unspecified atom stereocenters. The molecule has 234 valence electrons. The monoisotopic (exact) mass is 652 g/mol. The van der Waals surface area contributed by atoms with Gasteiger partial charge in [-0.25, -0.2) is 5.01 Å². The van der Waals surface area contributed by atoms with Crippen molar-refractivity contribution in [3.63, 3.8) is 0 Å². The zero-order chi connectivity index (χ0) is 31.9. The van der Waals surface area contributed by atoms with Crippen molar-refractivity contribution >= 4 is 40.6 Å². The summed E-state index contributed by atoms with van der Waals surface area (Å²) >= 11 is 2.87. The molecule has 0 saturated carbocycles. The Bertz CT molecular complexity index is 1820. The molecule has 0 radical (unpaired) electrons. The molecule has 0 fully saturated rings. The van der Waals surface area contributed by atoms with E-state index in [-0.39, 0.29) is 36.8 Å². The van der Waals surface area contributed by atoms with Gasteiger partial charge in [0.05, 0.1) is 41.7 Å². The van der Waals surface area contributed by atoms with Crippen LogP contribution in [-0.2, 0) is 16.1 Å². The first-order valence-electron chi connectivity index (χ1n) is 14.6. The fraction of sp³-hybridized carbons (Fsp3) is 0.206. The molecule has 2 amide bonds. The highest BCUT2D eigenvalue weighted by Crippen LogP contribution is 2.35. The van der Waals surface area contributed by atoms with Gasteiger partial charge in [0.2, 0.25) is 0 Å². The minimum Gasteiger partial charge on any atom is -0.495 e. The highest BCUT2D eigenvalue weighted by molar-refractivity contribution is 7.99. The molecule has 0 spiro atoms. The number of rotatable bonds is 12. The van der Waals surface area contributed by atoms with Crippen molar-refractivity contribution in [3.05, 3.63) is 118 Å². The quantitative estimate of drug-likeness (QED) is 0.169. The zero-order valence-electron chi connectivity index (χ0n) is 25.3. The molecule has 3 aromatic carbocycles. The standard InChI is InChI=1S/C34H32N6O4S2/c1-23-14-16-24(17-15-23)28-19-26(30-13-8-18-45-30)38-40(28)33(42)22-46-34-37-36-31(39(34)27-11-6-7-12-29(27)43-2)20-35-32(41)21-44-25-9-4-3-5-10-25/h3-18,28H,19-22H2,1-2H3,(H,35,41)/t28-/m0/s1. The Labute approximate surface area is 275 Å². The van der Waals surface area contributed by atoms with Gasteiger partial charge < -0.3 is 14.8 Å². The molecule has 12 heteroatoms. The number of nitrogens with zero attached hydrogens (tertiary/aromatic N) is 5. The molecule has 5 aromatic rings. The fourth-order valence-electron chi connectivity index (χ4n) is 5.03. The number of carbonyl (C=O) groups is 2. The van der Waals surface area contributed by atoms with E-state index in [1.54, 1.807) is 40.2 Å². The van der Waals surface area contributed by atoms with Crippen LogP contribution in [0.1, 0.15) is 34.3 Å². The summed E-state index contributed by atoms with van der Waals surface area (Å²) in [6, 6.07) is 28.6. The highest BCUT2D eigenvalue weighted by atomic mass is 32.2. The summed E-state index contributed by atoms with van der Waals surface area (Å²) in [5.41, 5.74) is 3.77. The molecule has 10 nitrogen and oxygen atoms in total. The van der Waals surface area contributed by atoms with Crippen molar-refractivity contribution in [1.82, 2.24) is 25.1 Å². The molecule has 6 rings (SSSR count). The molecule has 3 heterocycles. The summed E-state index contributed by atoms with van der Waals surface area (Å²) < 4.78 is 13.0. The summed E-state index contributed by atoms with van der Waals surface area (Å²) in [5, 5.41) is 20.5. The summed E-state index contributed by atoms with van der Waals surface area (Å²) in [6.45, 7) is 1.99. The van der Waals surface area contributed by atoms with E-state index < -0.39 is 0 Å². The van der Waals surface area contributed by atoms with Gasteiger partial charge in [-0.1, -0.05) is 78.0 Å². The van der Waals surface area contributed by atoms with Crippen LogP contribution in [0.4, 0.5) is 0 Å². The molecule has 1 atom stereocenters. The van der Waals surface area contributed by atoms with Crippen LogP contribution >= 0.6 is 23.1 Å². The number of aryl methyl sites for hydroxylation is 1. The number of hydrogen-bond donors (Lipinski definition) is 1. The lowest BCUT2D eigenvalue weighted by molar-refractivity contribution is -0.130. The number of thiophene rings is 1. The number of hydrazone groups is 1. The Kier molecular flexibility index (Phi) is 9.75. The van der Waals surface area contributed by atoms with Crippen molar-refractivity contribution in [2.45, 2.75) is 31.1 Å². The van der Waals surface area contributed by atoms with Crippen molar-refractivity contribution in [1.29, 1.82) is 0 Å². The Morgan fingerprint density at radius 2 is 1.76 bits per heavy atom. The van der Waals surface area contributed by atoms with E-state index in [4.69, 9.17) is 14.6 Å². The average Bonchev–Trinajstić information content (AvgIpc) is 3.86. The van der Waals surface area contributed by atoms with Crippen molar-refractivity contribution < 1.29 is 19.1 Å². The van der Waals surface area contributed by atoms with Crippen LogP contribution in [0.15, 0.2) is 107 Å². The first kappa shape index (κ1) is 31.1. The van der Waals surface area contributed by atoms with Gasteiger partial charge in [0.15, 0.2) is 17.6 Å². The predicted molar refractivity (Wildman–Crippen MR) is 179 cm³/mol. The van der Waals surface area contributed by atoms with Crippen LogP contribution in [0.2, 0.25) is 0 Å². The maximum Gasteiger partial charge on any atom is 0.258 e. The predicted octanol–water partition coefficient (Wildman–Crippen LogP) is 5.81. The summed E-state index contributed by atoms with van der Waals surface area (Å²) in [4.78, 5) is 27.5.